The maximum absolute atomic E-state index is 11.7. The summed E-state index contributed by atoms with van der Waals surface area (Å²) in [5.41, 5.74) is 7.08. The first-order valence-electron chi connectivity index (χ1n) is 4.56. The quantitative estimate of drug-likeness (QED) is 0.788. The van der Waals surface area contributed by atoms with Crippen LogP contribution < -0.4 is 11.1 Å². The Balaban J connectivity index is 2.17. The van der Waals surface area contributed by atoms with Crippen LogP contribution in [0, 0.1) is 0 Å². The van der Waals surface area contributed by atoms with Crippen LogP contribution in [0.1, 0.15) is 10.4 Å². The molecule has 0 aliphatic rings. The number of carbonyl (C=O) groups excluding carboxylic acids is 1. The molecule has 2 rings (SSSR count). The lowest BCUT2D eigenvalue weighted by molar-refractivity contribution is 0.102. The van der Waals surface area contributed by atoms with Gasteiger partial charge in [-0.2, -0.15) is 0 Å². The molecule has 0 atom stereocenters. The van der Waals surface area contributed by atoms with Crippen molar-refractivity contribution < 1.29 is 9.21 Å². The van der Waals surface area contributed by atoms with Gasteiger partial charge in [-0.3, -0.25) is 4.79 Å². The van der Waals surface area contributed by atoms with Gasteiger partial charge in [0.15, 0.2) is 0 Å². The molecule has 16 heavy (non-hydrogen) atoms. The maximum Gasteiger partial charge on any atom is 0.260 e. The zero-order valence-corrected chi connectivity index (χ0v) is 8.99. The number of benzene rings is 1. The van der Waals surface area contributed by atoms with Gasteiger partial charge in [-0.1, -0.05) is 6.07 Å². The Kier molecular flexibility index (Phi) is 2.83. The van der Waals surface area contributed by atoms with Gasteiger partial charge >= 0.3 is 0 Å². The first kappa shape index (κ1) is 10.6. The Morgan fingerprint density at radius 3 is 2.81 bits per heavy atom. The molecule has 0 fully saturated rings. The van der Waals surface area contributed by atoms with Crippen molar-refractivity contribution in [2.75, 3.05) is 11.1 Å². The van der Waals surface area contributed by atoms with Gasteiger partial charge in [0.2, 0.25) is 5.22 Å². The van der Waals surface area contributed by atoms with Crippen LogP contribution in [0.4, 0.5) is 11.4 Å². The number of amides is 1. The second-order valence-corrected chi connectivity index (χ2v) is 3.53. The van der Waals surface area contributed by atoms with Gasteiger partial charge in [-0.25, -0.2) is 0 Å². The third-order valence-electron chi connectivity index (χ3n) is 2.01. The molecule has 0 aliphatic carbocycles. The molecule has 82 valence electrons. The van der Waals surface area contributed by atoms with Gasteiger partial charge in [0, 0.05) is 11.4 Å². The van der Waals surface area contributed by atoms with Crippen molar-refractivity contribution in [2.24, 2.45) is 0 Å². The normalized spacial score (nSPS) is 10.1. The Morgan fingerprint density at radius 2 is 2.19 bits per heavy atom. The number of halogens is 1. The summed E-state index contributed by atoms with van der Waals surface area (Å²) in [7, 11) is 0. The monoisotopic (exact) mass is 236 g/mol. The van der Waals surface area contributed by atoms with Crippen molar-refractivity contribution in [3.8, 4) is 0 Å². The summed E-state index contributed by atoms with van der Waals surface area (Å²) in [6, 6.07) is 8.39. The molecule has 1 amide bonds. The van der Waals surface area contributed by atoms with E-state index in [-0.39, 0.29) is 11.1 Å². The summed E-state index contributed by atoms with van der Waals surface area (Å²) < 4.78 is 4.83. The Labute approximate surface area is 97.0 Å². The molecule has 0 saturated heterocycles. The van der Waals surface area contributed by atoms with Crippen molar-refractivity contribution in [3.63, 3.8) is 0 Å². The van der Waals surface area contributed by atoms with E-state index in [4.69, 9.17) is 21.8 Å². The van der Waals surface area contributed by atoms with Crippen molar-refractivity contribution in [1.29, 1.82) is 0 Å². The van der Waals surface area contributed by atoms with Gasteiger partial charge < -0.3 is 15.5 Å². The fourth-order valence-corrected chi connectivity index (χ4v) is 1.47. The van der Waals surface area contributed by atoms with E-state index in [2.05, 4.69) is 5.32 Å². The minimum atomic E-state index is -0.329. The number of nitrogens with two attached hydrogens (primary N) is 1. The smallest absolute Gasteiger partial charge is 0.260 e. The van der Waals surface area contributed by atoms with E-state index < -0.39 is 0 Å². The number of nitrogen functional groups attached to an aromatic ring is 1. The van der Waals surface area contributed by atoms with Crippen molar-refractivity contribution >= 4 is 28.9 Å². The molecule has 2 aromatic rings. The molecule has 4 nitrogen and oxygen atoms in total. The molecule has 1 heterocycles. The average Bonchev–Trinajstić information content (AvgIpc) is 2.64. The minimum Gasteiger partial charge on any atom is -0.452 e. The molecular weight excluding hydrogens is 228 g/mol. The Hall–Kier alpha value is -1.94. The van der Waals surface area contributed by atoms with Crippen molar-refractivity contribution in [1.82, 2.24) is 0 Å². The van der Waals surface area contributed by atoms with Crippen molar-refractivity contribution in [3.05, 3.63) is 47.4 Å². The predicted molar refractivity (Wildman–Crippen MR) is 62.5 cm³/mol. The van der Waals surface area contributed by atoms with E-state index in [1.165, 1.54) is 12.3 Å². The molecule has 0 bridgehead atoms. The number of anilines is 2. The first-order valence-corrected chi connectivity index (χ1v) is 4.94. The van der Waals surface area contributed by atoms with Crippen LogP contribution in [-0.2, 0) is 0 Å². The lowest BCUT2D eigenvalue weighted by atomic mass is 10.2. The summed E-state index contributed by atoms with van der Waals surface area (Å²) in [5, 5.41) is 2.73. The topological polar surface area (TPSA) is 68.3 Å². The molecule has 0 spiro atoms. The summed E-state index contributed by atoms with van der Waals surface area (Å²) in [6.45, 7) is 0. The van der Waals surface area contributed by atoms with E-state index >= 15 is 0 Å². The predicted octanol–water partition coefficient (Wildman–Crippen LogP) is 2.77. The van der Waals surface area contributed by atoms with E-state index in [0.717, 1.165) is 0 Å². The van der Waals surface area contributed by atoms with Gasteiger partial charge in [-0.15, -0.1) is 0 Å². The summed E-state index contributed by atoms with van der Waals surface area (Å²) in [6.07, 6.45) is 1.36. The molecule has 3 N–H and O–H groups in total. The number of furan rings is 1. The molecule has 1 aromatic heterocycles. The third kappa shape index (κ3) is 2.17. The molecule has 0 aliphatic heterocycles. The number of hydrogen-bond donors (Lipinski definition) is 2. The number of carbonyl (C=O) groups is 1. The first-order chi connectivity index (χ1) is 7.66. The van der Waals surface area contributed by atoms with E-state index in [1.54, 1.807) is 24.3 Å². The van der Waals surface area contributed by atoms with Crippen molar-refractivity contribution in [2.45, 2.75) is 0 Å². The standard InChI is InChI=1S/C11H9ClN2O2/c12-10-9(4-5-16-10)11(15)14-8-3-1-2-7(13)6-8/h1-6H,13H2,(H,14,15). The molecule has 0 unspecified atom stereocenters. The molecular formula is C11H9ClN2O2. The molecule has 0 radical (unpaired) electrons. The Bertz CT molecular complexity index is 522. The van der Waals surface area contributed by atoms with Crippen LogP contribution in [0.15, 0.2) is 41.0 Å². The number of nitrogens with one attached hydrogen (secondary N) is 1. The average molecular weight is 237 g/mol. The van der Waals surface area contributed by atoms with Crippen LogP contribution in [0.2, 0.25) is 5.22 Å². The molecule has 5 heteroatoms. The van der Waals surface area contributed by atoms with Crippen LogP contribution >= 0.6 is 11.6 Å². The van der Waals surface area contributed by atoms with E-state index in [1.807, 2.05) is 0 Å². The highest BCUT2D eigenvalue weighted by molar-refractivity contribution is 6.32. The van der Waals surface area contributed by atoms with Crippen LogP contribution in [0.25, 0.3) is 0 Å². The summed E-state index contributed by atoms with van der Waals surface area (Å²) in [5.74, 6) is -0.329. The second-order valence-electron chi connectivity index (χ2n) is 3.19. The lowest BCUT2D eigenvalue weighted by Crippen LogP contribution is -2.11. The minimum absolute atomic E-state index is 0.0707. The van der Waals surface area contributed by atoms with Gasteiger partial charge in [0.25, 0.3) is 5.91 Å². The SMILES string of the molecule is Nc1cccc(NC(=O)c2ccoc2Cl)c1. The van der Waals surface area contributed by atoms with Crippen LogP contribution in [0.5, 0.6) is 0 Å². The zero-order valence-electron chi connectivity index (χ0n) is 8.24. The number of rotatable bonds is 2. The fourth-order valence-electron chi connectivity index (χ4n) is 1.27. The highest BCUT2D eigenvalue weighted by Gasteiger charge is 2.12. The molecule has 0 saturated carbocycles. The van der Waals surface area contributed by atoms with E-state index in [0.29, 0.717) is 16.9 Å². The summed E-state index contributed by atoms with van der Waals surface area (Å²) in [4.78, 5) is 11.7. The Morgan fingerprint density at radius 1 is 1.38 bits per heavy atom. The van der Waals surface area contributed by atoms with Gasteiger partial charge in [0.05, 0.1) is 11.8 Å². The lowest BCUT2D eigenvalue weighted by Gasteiger charge is -2.04. The van der Waals surface area contributed by atoms with Crippen LogP contribution in [0.3, 0.4) is 0 Å². The molecule has 1 aromatic carbocycles. The van der Waals surface area contributed by atoms with Crippen LogP contribution in [-0.4, -0.2) is 5.91 Å². The fraction of sp³-hybridized carbons (Fsp3) is 0. The zero-order chi connectivity index (χ0) is 11.5. The maximum atomic E-state index is 11.7. The second kappa shape index (κ2) is 4.28. The van der Waals surface area contributed by atoms with E-state index in [9.17, 15) is 4.79 Å². The third-order valence-corrected chi connectivity index (χ3v) is 2.30. The summed E-state index contributed by atoms with van der Waals surface area (Å²) >= 11 is 5.68. The number of hydrogen-bond acceptors (Lipinski definition) is 3. The highest BCUT2D eigenvalue weighted by atomic mass is 35.5. The highest BCUT2D eigenvalue weighted by Crippen LogP contribution is 2.19. The van der Waals surface area contributed by atoms with Gasteiger partial charge in [0.1, 0.15) is 0 Å². The van der Waals surface area contributed by atoms with Gasteiger partial charge in [-0.05, 0) is 35.9 Å². The largest absolute Gasteiger partial charge is 0.452 e.